The Morgan fingerprint density at radius 2 is 1.92 bits per heavy atom. The van der Waals surface area contributed by atoms with Crippen LogP contribution < -0.4 is 5.32 Å². The summed E-state index contributed by atoms with van der Waals surface area (Å²) in [7, 11) is 1.50. The molecule has 0 aliphatic rings. The molecule has 2 heterocycles. The fourth-order valence-corrected chi connectivity index (χ4v) is 2.72. The Bertz CT molecular complexity index is 892. The van der Waals surface area contributed by atoms with E-state index in [2.05, 4.69) is 23.3 Å². The molecule has 1 N–H and O–H groups in total. The number of hydrogen-bond acceptors (Lipinski definition) is 4. The molecule has 0 saturated carbocycles. The number of ether oxygens (including phenoxy) is 1. The zero-order valence-corrected chi connectivity index (χ0v) is 14.0. The summed E-state index contributed by atoms with van der Waals surface area (Å²) in [5.74, 6) is -0.179. The monoisotopic (exact) mass is 321 g/mol. The number of pyridine rings is 2. The Morgan fingerprint density at radius 3 is 2.62 bits per heavy atom. The van der Waals surface area contributed by atoms with Crippen molar-refractivity contribution in [1.29, 1.82) is 0 Å². The second-order valence-electron chi connectivity index (χ2n) is 5.68. The molecular weight excluding hydrogens is 302 g/mol. The largest absolute Gasteiger partial charge is 0.375 e. The molecule has 0 saturated heterocycles. The van der Waals surface area contributed by atoms with Crippen molar-refractivity contribution in [2.24, 2.45) is 0 Å². The fourth-order valence-electron chi connectivity index (χ4n) is 2.72. The number of hydrogen-bond donors (Lipinski definition) is 1. The predicted molar refractivity (Wildman–Crippen MR) is 95.0 cm³/mol. The summed E-state index contributed by atoms with van der Waals surface area (Å²) in [5, 5.41) is 3.95. The lowest BCUT2D eigenvalue weighted by molar-refractivity contribution is -0.119. The number of fused-ring (bicyclic) bond motifs is 1. The molecule has 0 aliphatic heterocycles. The minimum absolute atomic E-state index is 0.0288. The van der Waals surface area contributed by atoms with Crippen LogP contribution >= 0.6 is 0 Å². The lowest BCUT2D eigenvalue weighted by atomic mass is 10.0. The van der Waals surface area contributed by atoms with E-state index >= 15 is 0 Å². The third-order valence-electron chi connectivity index (χ3n) is 3.97. The summed E-state index contributed by atoms with van der Waals surface area (Å²) in [6, 6.07) is 9.84. The van der Waals surface area contributed by atoms with Crippen molar-refractivity contribution in [2.45, 2.75) is 13.8 Å². The second-order valence-corrected chi connectivity index (χ2v) is 5.68. The van der Waals surface area contributed by atoms with Crippen LogP contribution in [-0.4, -0.2) is 29.6 Å². The highest BCUT2D eigenvalue weighted by atomic mass is 16.5. The molecule has 1 aromatic carbocycles. The van der Waals surface area contributed by atoms with E-state index < -0.39 is 0 Å². The van der Waals surface area contributed by atoms with Gasteiger partial charge in [-0.2, -0.15) is 0 Å². The van der Waals surface area contributed by atoms with Crippen molar-refractivity contribution in [3.8, 4) is 11.3 Å². The number of aryl methyl sites for hydroxylation is 2. The minimum atomic E-state index is -0.179. The number of benzene rings is 1. The first-order chi connectivity index (χ1) is 11.6. The van der Waals surface area contributed by atoms with Crippen LogP contribution in [0.15, 0.2) is 42.7 Å². The van der Waals surface area contributed by atoms with Gasteiger partial charge in [0, 0.05) is 36.1 Å². The number of nitrogens with one attached hydrogen (secondary N) is 1. The number of anilines is 1. The molecule has 122 valence electrons. The summed E-state index contributed by atoms with van der Waals surface area (Å²) in [4.78, 5) is 20.7. The van der Waals surface area contributed by atoms with Gasteiger partial charge in [0.25, 0.3) is 0 Å². The third kappa shape index (κ3) is 3.12. The summed E-state index contributed by atoms with van der Waals surface area (Å²) in [5.41, 5.74) is 5.63. The van der Waals surface area contributed by atoms with Gasteiger partial charge in [-0.15, -0.1) is 0 Å². The molecule has 24 heavy (non-hydrogen) atoms. The highest BCUT2D eigenvalue weighted by Gasteiger charge is 2.11. The van der Waals surface area contributed by atoms with E-state index in [0.29, 0.717) is 0 Å². The quantitative estimate of drug-likeness (QED) is 0.799. The van der Waals surface area contributed by atoms with Gasteiger partial charge < -0.3 is 10.1 Å². The van der Waals surface area contributed by atoms with Crippen molar-refractivity contribution < 1.29 is 9.53 Å². The smallest absolute Gasteiger partial charge is 0.250 e. The first-order valence-corrected chi connectivity index (χ1v) is 7.70. The van der Waals surface area contributed by atoms with E-state index in [-0.39, 0.29) is 12.5 Å². The fraction of sp³-hybridized carbons (Fsp3) is 0.211. The maximum Gasteiger partial charge on any atom is 0.250 e. The lowest BCUT2D eigenvalue weighted by Gasteiger charge is -2.13. The van der Waals surface area contributed by atoms with Crippen LogP contribution in [0.25, 0.3) is 22.2 Å². The van der Waals surface area contributed by atoms with Crippen LogP contribution in [0.1, 0.15) is 11.1 Å². The Morgan fingerprint density at radius 1 is 1.17 bits per heavy atom. The molecule has 5 nitrogen and oxygen atoms in total. The van der Waals surface area contributed by atoms with Crippen LogP contribution in [-0.2, 0) is 9.53 Å². The van der Waals surface area contributed by atoms with E-state index in [1.165, 1.54) is 7.11 Å². The summed E-state index contributed by atoms with van der Waals surface area (Å²) < 4.78 is 4.87. The highest BCUT2D eigenvalue weighted by molar-refractivity contribution is 5.97. The molecule has 0 unspecified atom stereocenters. The average molecular weight is 321 g/mol. The summed E-state index contributed by atoms with van der Waals surface area (Å²) in [6.07, 6.45) is 3.51. The van der Waals surface area contributed by atoms with E-state index in [1.807, 2.05) is 31.2 Å². The predicted octanol–water partition coefficient (Wildman–Crippen LogP) is 3.50. The number of rotatable bonds is 4. The molecule has 0 atom stereocenters. The SMILES string of the molecule is COCC(=O)Nc1ccc2c(C)cc(-c3ccncc3)nc2c1C. The topological polar surface area (TPSA) is 64.1 Å². The lowest BCUT2D eigenvalue weighted by Crippen LogP contribution is -2.17. The molecular formula is C19H19N3O2. The van der Waals surface area contributed by atoms with Crippen molar-refractivity contribution in [2.75, 3.05) is 19.0 Å². The highest BCUT2D eigenvalue weighted by Crippen LogP contribution is 2.29. The Labute approximate surface area is 140 Å². The molecule has 2 aromatic heterocycles. The van der Waals surface area contributed by atoms with Gasteiger partial charge in [0.1, 0.15) is 6.61 Å². The number of methoxy groups -OCH3 is 1. The van der Waals surface area contributed by atoms with Crippen molar-refractivity contribution >= 4 is 22.5 Å². The van der Waals surface area contributed by atoms with Crippen LogP contribution in [0.4, 0.5) is 5.69 Å². The van der Waals surface area contributed by atoms with Gasteiger partial charge in [0.2, 0.25) is 5.91 Å². The normalized spacial score (nSPS) is 10.8. The van der Waals surface area contributed by atoms with E-state index in [0.717, 1.165) is 39.0 Å². The van der Waals surface area contributed by atoms with Crippen LogP contribution in [0.5, 0.6) is 0 Å². The molecule has 0 fully saturated rings. The number of carbonyl (C=O) groups is 1. The molecule has 3 rings (SSSR count). The molecule has 0 bridgehead atoms. The molecule has 3 aromatic rings. The Hall–Kier alpha value is -2.79. The molecule has 0 aliphatic carbocycles. The second kappa shape index (κ2) is 6.76. The van der Waals surface area contributed by atoms with E-state index in [1.54, 1.807) is 12.4 Å². The van der Waals surface area contributed by atoms with Crippen molar-refractivity contribution in [3.05, 3.63) is 53.9 Å². The van der Waals surface area contributed by atoms with Gasteiger partial charge in [-0.3, -0.25) is 9.78 Å². The number of carbonyl (C=O) groups excluding carboxylic acids is 1. The van der Waals surface area contributed by atoms with Crippen molar-refractivity contribution in [3.63, 3.8) is 0 Å². The van der Waals surface area contributed by atoms with Gasteiger partial charge in [-0.25, -0.2) is 4.98 Å². The van der Waals surface area contributed by atoms with Crippen molar-refractivity contribution in [1.82, 2.24) is 9.97 Å². The Balaban J connectivity index is 2.10. The molecule has 0 spiro atoms. The summed E-state index contributed by atoms with van der Waals surface area (Å²) >= 11 is 0. The maximum atomic E-state index is 11.8. The van der Waals surface area contributed by atoms with E-state index in [4.69, 9.17) is 9.72 Å². The molecule has 0 radical (unpaired) electrons. The average Bonchev–Trinajstić information content (AvgIpc) is 2.58. The van der Waals surface area contributed by atoms with Crippen LogP contribution in [0, 0.1) is 13.8 Å². The van der Waals surface area contributed by atoms with E-state index in [9.17, 15) is 4.79 Å². The zero-order chi connectivity index (χ0) is 17.1. The maximum absolute atomic E-state index is 11.8. The van der Waals surface area contributed by atoms with Gasteiger partial charge in [-0.1, -0.05) is 6.07 Å². The third-order valence-corrected chi connectivity index (χ3v) is 3.97. The van der Waals surface area contributed by atoms with Gasteiger partial charge in [0.15, 0.2) is 0 Å². The number of nitrogens with zero attached hydrogens (tertiary/aromatic N) is 2. The molecule has 5 heteroatoms. The standard InChI is InChI=1S/C19H19N3O2/c1-12-10-17(14-6-8-20-9-7-14)22-19-13(2)16(5-4-15(12)19)21-18(23)11-24-3/h4-10H,11H2,1-3H3,(H,21,23). The zero-order valence-electron chi connectivity index (χ0n) is 14.0. The van der Waals surface area contributed by atoms with Crippen LogP contribution in [0.3, 0.4) is 0 Å². The molecule has 1 amide bonds. The summed E-state index contributed by atoms with van der Waals surface area (Å²) in [6.45, 7) is 4.06. The van der Waals surface area contributed by atoms with Gasteiger partial charge in [-0.05, 0) is 49.2 Å². The first kappa shape index (κ1) is 16.1. The number of aromatic nitrogens is 2. The minimum Gasteiger partial charge on any atom is -0.375 e. The Kier molecular flexibility index (Phi) is 4.53. The van der Waals surface area contributed by atoms with Crippen LogP contribution in [0.2, 0.25) is 0 Å². The first-order valence-electron chi connectivity index (χ1n) is 7.70. The number of amides is 1. The van der Waals surface area contributed by atoms with Gasteiger partial charge in [0.05, 0.1) is 11.2 Å². The van der Waals surface area contributed by atoms with Gasteiger partial charge >= 0.3 is 0 Å².